The van der Waals surface area contributed by atoms with Crippen LogP contribution in [0.5, 0.6) is 0 Å². The predicted octanol–water partition coefficient (Wildman–Crippen LogP) is 1.39. The number of nitrogens with zero attached hydrogens (tertiary/aromatic N) is 1. The molecule has 0 aliphatic rings. The molecule has 9 heteroatoms. The summed E-state index contributed by atoms with van der Waals surface area (Å²) in [5.41, 5.74) is 1.30. The van der Waals surface area contributed by atoms with Gasteiger partial charge in [0.25, 0.3) is 0 Å². The minimum atomic E-state index is -4.78. The number of halogens is 4. The second-order valence-electron chi connectivity index (χ2n) is 1.55. The molecule has 76 valence electrons. The number of alkyl halides is 3. The van der Waals surface area contributed by atoms with Crippen molar-refractivity contribution in [1.82, 2.24) is 5.59 Å². The average molecular weight is 221 g/mol. The Bertz CT molecular complexity index is 217. The Balaban J connectivity index is 3.92. The van der Waals surface area contributed by atoms with Gasteiger partial charge in [-0.15, -0.1) is 10.7 Å². The third-order valence-corrected chi connectivity index (χ3v) is 0.972. The molecule has 0 aromatic heterocycles. The second-order valence-corrected chi connectivity index (χ2v) is 1.91. The van der Waals surface area contributed by atoms with E-state index in [2.05, 4.69) is 26.3 Å². The molecule has 0 atom stereocenters. The first-order valence-electron chi connectivity index (χ1n) is 2.68. The molecule has 1 N–H and O–H groups in total. The van der Waals surface area contributed by atoms with Crippen molar-refractivity contribution >= 4 is 22.9 Å². The fourth-order valence-corrected chi connectivity index (χ4v) is 0.240. The number of hydrazone groups is 1. The van der Waals surface area contributed by atoms with E-state index in [0.29, 0.717) is 0 Å². The van der Waals surface area contributed by atoms with Gasteiger partial charge in [-0.3, -0.25) is 4.84 Å². The quantitative estimate of drug-likeness (QED) is 0.434. The minimum absolute atomic E-state index is 0.971. The summed E-state index contributed by atoms with van der Waals surface area (Å²) in [7, 11) is 0.971. The zero-order valence-corrected chi connectivity index (χ0v) is 6.94. The molecular weight excluding hydrogens is 217 g/mol. The summed E-state index contributed by atoms with van der Waals surface area (Å²) in [5, 5.41) is 0.770. The monoisotopic (exact) mass is 220 g/mol. The van der Waals surface area contributed by atoms with Gasteiger partial charge in [-0.2, -0.15) is 13.2 Å². The molecule has 0 aromatic carbocycles. The van der Waals surface area contributed by atoms with Crippen molar-refractivity contribution < 1.29 is 27.5 Å². The number of rotatable bonds is 2. The Morgan fingerprint density at radius 3 is 2.46 bits per heavy atom. The standard InChI is InChI=1S/C4H4ClF3N2O3/c1-12-3(11)13-10-9-2(5)4(6,7)8/h10H,1H3. The van der Waals surface area contributed by atoms with E-state index in [1.807, 2.05) is 0 Å². The van der Waals surface area contributed by atoms with E-state index >= 15 is 0 Å². The number of carbonyl (C=O) groups is 1. The van der Waals surface area contributed by atoms with E-state index < -0.39 is 17.5 Å². The SMILES string of the molecule is COC(=O)ONN=C(Cl)C(F)(F)F. The van der Waals surface area contributed by atoms with Crippen LogP contribution >= 0.6 is 11.6 Å². The summed E-state index contributed by atoms with van der Waals surface area (Å²) < 4.78 is 38.6. The highest BCUT2D eigenvalue weighted by atomic mass is 35.5. The molecule has 0 aliphatic heterocycles. The van der Waals surface area contributed by atoms with Gasteiger partial charge in [0.2, 0.25) is 5.17 Å². The number of hydrogen-bond donors (Lipinski definition) is 1. The molecule has 0 amide bonds. The first-order chi connectivity index (χ1) is 5.88. The van der Waals surface area contributed by atoms with Crippen molar-refractivity contribution in [2.45, 2.75) is 6.18 Å². The third kappa shape index (κ3) is 5.12. The van der Waals surface area contributed by atoms with Crippen LogP contribution in [0, 0.1) is 0 Å². The normalized spacial score (nSPS) is 12.2. The zero-order chi connectivity index (χ0) is 10.5. The highest BCUT2D eigenvalue weighted by molar-refractivity contribution is 6.66. The fraction of sp³-hybridized carbons (Fsp3) is 0.500. The largest absolute Gasteiger partial charge is 0.534 e. The fourth-order valence-electron chi connectivity index (χ4n) is 0.205. The first-order valence-corrected chi connectivity index (χ1v) is 3.06. The Morgan fingerprint density at radius 2 is 2.08 bits per heavy atom. The van der Waals surface area contributed by atoms with Crippen LogP contribution in [0.25, 0.3) is 0 Å². The molecule has 0 radical (unpaired) electrons. The van der Waals surface area contributed by atoms with E-state index in [9.17, 15) is 18.0 Å². The van der Waals surface area contributed by atoms with Crippen molar-refractivity contribution in [3.05, 3.63) is 0 Å². The van der Waals surface area contributed by atoms with E-state index in [1.54, 1.807) is 0 Å². The maximum atomic E-state index is 11.6. The molecule has 13 heavy (non-hydrogen) atoms. The van der Waals surface area contributed by atoms with Crippen molar-refractivity contribution in [3.63, 3.8) is 0 Å². The number of hydrogen-bond acceptors (Lipinski definition) is 5. The highest BCUT2D eigenvalue weighted by Crippen LogP contribution is 2.18. The topological polar surface area (TPSA) is 59.9 Å². The number of nitrogens with one attached hydrogen (secondary N) is 1. The lowest BCUT2D eigenvalue weighted by molar-refractivity contribution is -0.0578. The number of ether oxygens (including phenoxy) is 1. The number of methoxy groups -OCH3 is 1. The summed E-state index contributed by atoms with van der Waals surface area (Å²) in [5.74, 6) is 0. The van der Waals surface area contributed by atoms with Crippen LogP contribution in [0.2, 0.25) is 0 Å². The van der Waals surface area contributed by atoms with Crippen molar-refractivity contribution in [3.8, 4) is 0 Å². The minimum Gasteiger partial charge on any atom is -0.436 e. The van der Waals surface area contributed by atoms with Crippen LogP contribution in [0.15, 0.2) is 5.10 Å². The van der Waals surface area contributed by atoms with Crippen LogP contribution in [-0.2, 0) is 9.57 Å². The highest BCUT2D eigenvalue weighted by Gasteiger charge is 2.34. The molecule has 0 saturated carbocycles. The van der Waals surface area contributed by atoms with Gasteiger partial charge in [-0.05, 0) is 0 Å². The van der Waals surface area contributed by atoms with Gasteiger partial charge < -0.3 is 4.74 Å². The van der Waals surface area contributed by atoms with Gasteiger partial charge in [0.15, 0.2) is 0 Å². The summed E-state index contributed by atoms with van der Waals surface area (Å²) >= 11 is 4.61. The maximum Gasteiger partial charge on any atom is 0.534 e. The molecule has 0 saturated heterocycles. The summed E-state index contributed by atoms with van der Waals surface area (Å²) in [4.78, 5) is 13.9. The lowest BCUT2D eigenvalue weighted by atomic mass is 10.7. The third-order valence-electron chi connectivity index (χ3n) is 0.673. The molecule has 0 aliphatic carbocycles. The predicted molar refractivity (Wildman–Crippen MR) is 36.0 cm³/mol. The van der Waals surface area contributed by atoms with Crippen LogP contribution in [-0.4, -0.2) is 24.6 Å². The smallest absolute Gasteiger partial charge is 0.436 e. The second kappa shape index (κ2) is 4.75. The van der Waals surface area contributed by atoms with E-state index in [1.165, 1.54) is 5.59 Å². The molecule has 0 heterocycles. The lowest BCUT2D eigenvalue weighted by Gasteiger charge is -2.03. The van der Waals surface area contributed by atoms with Crippen molar-refractivity contribution in [1.29, 1.82) is 0 Å². The van der Waals surface area contributed by atoms with Crippen LogP contribution in [0.3, 0.4) is 0 Å². The molecule has 0 rings (SSSR count). The van der Waals surface area contributed by atoms with Crippen molar-refractivity contribution in [2.24, 2.45) is 5.10 Å². The maximum absolute atomic E-state index is 11.6. The van der Waals surface area contributed by atoms with Crippen molar-refractivity contribution in [2.75, 3.05) is 7.11 Å². The van der Waals surface area contributed by atoms with Gasteiger partial charge in [0, 0.05) is 0 Å². The van der Waals surface area contributed by atoms with Gasteiger partial charge in [0.1, 0.15) is 0 Å². The van der Waals surface area contributed by atoms with E-state index in [0.717, 1.165) is 7.11 Å². The summed E-state index contributed by atoms with van der Waals surface area (Å²) in [6.45, 7) is 0. The van der Waals surface area contributed by atoms with E-state index in [4.69, 9.17) is 0 Å². The zero-order valence-electron chi connectivity index (χ0n) is 6.18. The van der Waals surface area contributed by atoms with Crippen LogP contribution < -0.4 is 5.59 Å². The molecule has 0 bridgehead atoms. The Kier molecular flexibility index (Phi) is 4.32. The summed E-state index contributed by atoms with van der Waals surface area (Å²) in [6, 6.07) is 0. The molecule has 0 spiro atoms. The molecule has 0 aromatic rings. The molecular formula is C4H4ClF3N2O3. The molecule has 5 nitrogen and oxygen atoms in total. The lowest BCUT2D eigenvalue weighted by Crippen LogP contribution is -2.22. The van der Waals surface area contributed by atoms with Gasteiger partial charge in [0.05, 0.1) is 7.11 Å². The molecule has 0 unspecified atom stereocenters. The number of carbonyl (C=O) groups excluding carboxylic acids is 1. The summed E-state index contributed by atoms with van der Waals surface area (Å²) in [6.07, 6.45) is -6.02. The van der Waals surface area contributed by atoms with Gasteiger partial charge in [-0.25, -0.2) is 4.79 Å². The van der Waals surface area contributed by atoms with Crippen LogP contribution in [0.1, 0.15) is 0 Å². The average Bonchev–Trinajstić information content (AvgIpc) is 2.02. The Labute approximate surface area is 75.4 Å². The molecule has 0 fully saturated rings. The van der Waals surface area contributed by atoms with Gasteiger partial charge in [-0.1, -0.05) is 11.6 Å². The Morgan fingerprint density at radius 1 is 1.54 bits per heavy atom. The van der Waals surface area contributed by atoms with E-state index in [-0.39, 0.29) is 0 Å². The van der Waals surface area contributed by atoms with Crippen LogP contribution in [0.4, 0.5) is 18.0 Å². The first kappa shape index (κ1) is 11.8. The Hall–Kier alpha value is -1.18. The van der Waals surface area contributed by atoms with Gasteiger partial charge >= 0.3 is 12.3 Å².